The highest BCUT2D eigenvalue weighted by Gasteiger charge is 2.35. The van der Waals surface area contributed by atoms with E-state index in [0.717, 1.165) is 18.0 Å². The third kappa shape index (κ3) is 4.34. The second-order valence-electron chi connectivity index (χ2n) is 6.63. The first-order valence-corrected chi connectivity index (χ1v) is 10.3. The Morgan fingerprint density at radius 2 is 1.59 bits per heavy atom. The third-order valence-corrected chi connectivity index (χ3v) is 6.07. The summed E-state index contributed by atoms with van der Waals surface area (Å²) in [4.78, 5) is 41.3. The van der Waals surface area contributed by atoms with Gasteiger partial charge >= 0.3 is 0 Å². The number of sulfonamides is 1. The number of rotatable bonds is 6. The van der Waals surface area contributed by atoms with E-state index in [1.807, 2.05) is 7.05 Å². The molecule has 1 saturated heterocycles. The summed E-state index contributed by atoms with van der Waals surface area (Å²) in [6, 6.07) is 6.37. The lowest BCUT2D eigenvalue weighted by Gasteiger charge is -2.32. The lowest BCUT2D eigenvalue weighted by atomic mass is 10.1. The van der Waals surface area contributed by atoms with E-state index < -0.39 is 27.6 Å². The first kappa shape index (κ1) is 19.5. The molecule has 1 aromatic rings. The number of nitrogens with one attached hydrogen (secondary N) is 1. The van der Waals surface area contributed by atoms with Gasteiger partial charge in [0.25, 0.3) is 11.8 Å². The molecule has 2 aliphatic heterocycles. The molecule has 1 N–H and O–H groups in total. The van der Waals surface area contributed by atoms with E-state index in [-0.39, 0.29) is 30.1 Å². The quantitative estimate of drug-likeness (QED) is 0.619. The number of likely N-dealkylation sites (N-methyl/N-ethyl adjacent to an activating group) is 1. The van der Waals surface area contributed by atoms with E-state index in [1.165, 1.54) is 12.1 Å². The number of piperazine rings is 1. The minimum atomic E-state index is -3.80. The van der Waals surface area contributed by atoms with Gasteiger partial charge < -0.3 is 9.80 Å². The van der Waals surface area contributed by atoms with Crippen LogP contribution in [0.25, 0.3) is 0 Å². The Kier molecular flexibility index (Phi) is 5.59. The van der Waals surface area contributed by atoms with Gasteiger partial charge in [-0.15, -0.1) is 0 Å². The number of fused-ring (bicyclic) bond motifs is 1. The van der Waals surface area contributed by atoms with Crippen molar-refractivity contribution in [2.45, 2.75) is 0 Å². The van der Waals surface area contributed by atoms with Crippen molar-refractivity contribution >= 4 is 27.7 Å². The van der Waals surface area contributed by atoms with Crippen LogP contribution in [0.4, 0.5) is 0 Å². The summed E-state index contributed by atoms with van der Waals surface area (Å²) >= 11 is 0. The normalized spacial score (nSPS) is 18.1. The van der Waals surface area contributed by atoms with Gasteiger partial charge in [-0.25, -0.2) is 13.1 Å². The molecule has 146 valence electrons. The van der Waals surface area contributed by atoms with Crippen molar-refractivity contribution in [1.29, 1.82) is 0 Å². The SMILES string of the molecule is CN1CCN(C(=O)CNS(=O)(=O)CCN2C(=O)c3ccccc3C2=O)CC1. The Balaban J connectivity index is 1.51. The summed E-state index contributed by atoms with van der Waals surface area (Å²) in [7, 11) is -1.84. The van der Waals surface area contributed by atoms with Crippen LogP contribution in [0.15, 0.2) is 24.3 Å². The van der Waals surface area contributed by atoms with Crippen molar-refractivity contribution in [2.24, 2.45) is 0 Å². The molecule has 0 aliphatic carbocycles. The molecule has 1 fully saturated rings. The van der Waals surface area contributed by atoms with Crippen LogP contribution >= 0.6 is 0 Å². The molecule has 2 heterocycles. The van der Waals surface area contributed by atoms with Crippen LogP contribution in [-0.4, -0.2) is 92.9 Å². The van der Waals surface area contributed by atoms with E-state index in [4.69, 9.17) is 0 Å². The third-order valence-electron chi connectivity index (χ3n) is 4.76. The highest BCUT2D eigenvalue weighted by atomic mass is 32.2. The van der Waals surface area contributed by atoms with E-state index in [0.29, 0.717) is 13.1 Å². The Hall–Kier alpha value is -2.30. The fraction of sp³-hybridized carbons (Fsp3) is 0.471. The Morgan fingerprint density at radius 1 is 1.04 bits per heavy atom. The van der Waals surface area contributed by atoms with Crippen molar-refractivity contribution < 1.29 is 22.8 Å². The van der Waals surface area contributed by atoms with Crippen LogP contribution < -0.4 is 4.72 Å². The van der Waals surface area contributed by atoms with Crippen molar-refractivity contribution in [3.8, 4) is 0 Å². The second kappa shape index (κ2) is 7.75. The first-order chi connectivity index (χ1) is 12.8. The molecule has 3 amide bonds. The van der Waals surface area contributed by atoms with Crippen LogP contribution in [0.5, 0.6) is 0 Å². The Labute approximate surface area is 158 Å². The van der Waals surface area contributed by atoms with Gasteiger partial charge in [-0.05, 0) is 19.2 Å². The number of amides is 3. The van der Waals surface area contributed by atoms with Crippen LogP contribution in [0.3, 0.4) is 0 Å². The highest BCUT2D eigenvalue weighted by Crippen LogP contribution is 2.22. The number of carbonyl (C=O) groups excluding carboxylic acids is 3. The second-order valence-corrected chi connectivity index (χ2v) is 8.56. The zero-order valence-electron chi connectivity index (χ0n) is 15.1. The largest absolute Gasteiger partial charge is 0.339 e. The van der Waals surface area contributed by atoms with Crippen molar-refractivity contribution in [1.82, 2.24) is 19.4 Å². The molecular weight excluding hydrogens is 372 g/mol. The number of imide groups is 1. The van der Waals surface area contributed by atoms with E-state index >= 15 is 0 Å². The first-order valence-electron chi connectivity index (χ1n) is 8.67. The average Bonchev–Trinajstić information content (AvgIpc) is 2.90. The van der Waals surface area contributed by atoms with Gasteiger partial charge in [0.1, 0.15) is 0 Å². The van der Waals surface area contributed by atoms with Crippen molar-refractivity contribution in [3.05, 3.63) is 35.4 Å². The van der Waals surface area contributed by atoms with Crippen molar-refractivity contribution in [3.63, 3.8) is 0 Å². The summed E-state index contributed by atoms with van der Waals surface area (Å²) in [5, 5.41) is 0. The van der Waals surface area contributed by atoms with Gasteiger partial charge in [0.2, 0.25) is 15.9 Å². The van der Waals surface area contributed by atoms with Crippen LogP contribution in [-0.2, 0) is 14.8 Å². The maximum absolute atomic E-state index is 12.2. The molecule has 0 saturated carbocycles. The van der Waals surface area contributed by atoms with E-state index in [2.05, 4.69) is 9.62 Å². The molecule has 0 atom stereocenters. The number of hydrogen-bond acceptors (Lipinski definition) is 6. The van der Waals surface area contributed by atoms with Crippen molar-refractivity contribution in [2.75, 3.05) is 52.1 Å². The zero-order valence-corrected chi connectivity index (χ0v) is 15.9. The van der Waals surface area contributed by atoms with Gasteiger partial charge in [-0.2, -0.15) is 0 Å². The molecule has 0 spiro atoms. The summed E-state index contributed by atoms with van der Waals surface area (Å²) in [5.74, 6) is -1.74. The van der Waals surface area contributed by atoms with Gasteiger partial charge in [0.15, 0.2) is 0 Å². The fourth-order valence-corrected chi connectivity index (χ4v) is 3.98. The number of carbonyl (C=O) groups is 3. The maximum Gasteiger partial charge on any atom is 0.261 e. The lowest BCUT2D eigenvalue weighted by Crippen LogP contribution is -2.50. The minimum absolute atomic E-state index is 0.260. The topological polar surface area (TPSA) is 107 Å². The standard InChI is InChI=1S/C17H22N4O5S/c1-19-6-8-20(9-7-19)15(22)12-18-27(25,26)11-10-21-16(23)13-4-2-3-5-14(13)17(21)24/h2-5,18H,6-12H2,1H3. The predicted octanol–water partition coefficient (Wildman–Crippen LogP) is -1.02. The number of hydrogen-bond donors (Lipinski definition) is 1. The van der Waals surface area contributed by atoms with Crippen LogP contribution in [0.2, 0.25) is 0 Å². The molecule has 3 rings (SSSR count). The molecule has 0 bridgehead atoms. The zero-order chi connectivity index (χ0) is 19.6. The summed E-state index contributed by atoms with van der Waals surface area (Å²) in [6.45, 7) is 2.03. The smallest absolute Gasteiger partial charge is 0.261 e. The fourth-order valence-electron chi connectivity index (χ4n) is 3.07. The Morgan fingerprint density at radius 3 is 2.15 bits per heavy atom. The molecule has 9 nitrogen and oxygen atoms in total. The molecular formula is C17H22N4O5S. The van der Waals surface area contributed by atoms with Gasteiger partial charge in [0, 0.05) is 32.7 Å². The summed E-state index contributed by atoms with van der Waals surface area (Å²) in [6.07, 6.45) is 0. The van der Waals surface area contributed by atoms with Gasteiger partial charge in [-0.3, -0.25) is 19.3 Å². The summed E-state index contributed by atoms with van der Waals surface area (Å²) in [5.41, 5.74) is 0.552. The molecule has 27 heavy (non-hydrogen) atoms. The number of nitrogens with zero attached hydrogens (tertiary/aromatic N) is 3. The Bertz CT molecular complexity index is 827. The van der Waals surface area contributed by atoms with Crippen LogP contribution in [0, 0.1) is 0 Å². The molecule has 2 aliphatic rings. The molecule has 0 radical (unpaired) electrons. The highest BCUT2D eigenvalue weighted by molar-refractivity contribution is 7.89. The molecule has 0 aromatic heterocycles. The molecule has 10 heteroatoms. The lowest BCUT2D eigenvalue weighted by molar-refractivity contribution is -0.131. The van der Waals surface area contributed by atoms with E-state index in [1.54, 1.807) is 17.0 Å². The molecule has 0 unspecified atom stereocenters. The van der Waals surface area contributed by atoms with Gasteiger partial charge in [-0.1, -0.05) is 12.1 Å². The monoisotopic (exact) mass is 394 g/mol. The number of benzene rings is 1. The minimum Gasteiger partial charge on any atom is -0.339 e. The van der Waals surface area contributed by atoms with E-state index in [9.17, 15) is 22.8 Å². The van der Waals surface area contributed by atoms with Gasteiger partial charge in [0.05, 0.1) is 23.4 Å². The molecule has 1 aromatic carbocycles. The summed E-state index contributed by atoms with van der Waals surface area (Å²) < 4.78 is 26.6. The van der Waals surface area contributed by atoms with Crippen LogP contribution in [0.1, 0.15) is 20.7 Å². The predicted molar refractivity (Wildman–Crippen MR) is 97.7 cm³/mol. The average molecular weight is 394 g/mol. The maximum atomic E-state index is 12.2.